The average molecular weight is 344 g/mol. The van der Waals surface area contributed by atoms with Crippen LogP contribution in [0.15, 0.2) is 36.7 Å². The van der Waals surface area contributed by atoms with Crippen LogP contribution in [-0.2, 0) is 11.3 Å². The summed E-state index contributed by atoms with van der Waals surface area (Å²) in [6.07, 6.45) is 3.60. The van der Waals surface area contributed by atoms with Gasteiger partial charge in [-0.25, -0.2) is 13.8 Å². The smallest absolute Gasteiger partial charge is 0.185 e. The molecule has 0 bridgehead atoms. The number of anilines is 1. The second-order valence-electron chi connectivity index (χ2n) is 6.21. The van der Waals surface area contributed by atoms with Gasteiger partial charge in [0.25, 0.3) is 0 Å². The molecule has 1 atom stereocenters. The lowest BCUT2D eigenvalue weighted by atomic mass is 10.1. The second kappa shape index (κ2) is 6.40. The highest BCUT2D eigenvalue weighted by atomic mass is 19.2. The predicted octanol–water partition coefficient (Wildman–Crippen LogP) is 2.92. The summed E-state index contributed by atoms with van der Waals surface area (Å²) in [7, 11) is 0. The number of aryl methyl sites for hydroxylation is 1. The van der Waals surface area contributed by atoms with E-state index in [0.29, 0.717) is 37.3 Å². The summed E-state index contributed by atoms with van der Waals surface area (Å²) in [4.78, 5) is 6.33. The van der Waals surface area contributed by atoms with Crippen molar-refractivity contribution in [3.63, 3.8) is 0 Å². The molecule has 0 N–H and O–H groups in total. The number of pyridine rings is 1. The number of ether oxygens (including phenoxy) is 1. The molecule has 0 saturated carbocycles. The van der Waals surface area contributed by atoms with E-state index in [1.54, 1.807) is 19.2 Å². The van der Waals surface area contributed by atoms with Crippen molar-refractivity contribution in [1.29, 1.82) is 0 Å². The van der Waals surface area contributed by atoms with Crippen molar-refractivity contribution < 1.29 is 13.5 Å². The third kappa shape index (κ3) is 3.07. The van der Waals surface area contributed by atoms with Crippen LogP contribution in [0.4, 0.5) is 14.5 Å². The molecule has 1 saturated heterocycles. The molecule has 3 aromatic rings. The Morgan fingerprint density at radius 2 is 2.20 bits per heavy atom. The molecular formula is C18H18F2N4O. The number of hydrogen-bond acceptors (Lipinski definition) is 4. The lowest BCUT2D eigenvalue weighted by molar-refractivity contribution is 0.0275. The van der Waals surface area contributed by atoms with Gasteiger partial charge < -0.3 is 9.64 Å². The topological polar surface area (TPSA) is 43.2 Å². The number of morpholine rings is 1. The number of hydrogen-bond donors (Lipinski definition) is 0. The van der Waals surface area contributed by atoms with Crippen LogP contribution in [0.5, 0.6) is 0 Å². The van der Waals surface area contributed by atoms with Gasteiger partial charge in [0.2, 0.25) is 0 Å². The van der Waals surface area contributed by atoms with E-state index in [9.17, 15) is 8.78 Å². The van der Waals surface area contributed by atoms with Crippen LogP contribution in [0.2, 0.25) is 0 Å². The number of benzene rings is 1. The molecule has 1 aliphatic heterocycles. The molecule has 0 unspecified atom stereocenters. The summed E-state index contributed by atoms with van der Waals surface area (Å²) < 4.78 is 35.4. The Kier molecular flexibility index (Phi) is 4.09. The minimum absolute atomic E-state index is 0.0255. The zero-order valence-electron chi connectivity index (χ0n) is 13.8. The first-order valence-electron chi connectivity index (χ1n) is 8.21. The third-order valence-corrected chi connectivity index (χ3v) is 4.41. The molecule has 0 amide bonds. The summed E-state index contributed by atoms with van der Waals surface area (Å²) >= 11 is 0. The SMILES string of the molecule is Cc1cc(N2CCO[C@H](Cn3cccn3)C2)c2ccc(F)c(F)c2n1. The third-order valence-electron chi connectivity index (χ3n) is 4.41. The fourth-order valence-corrected chi connectivity index (χ4v) is 3.27. The number of halogens is 2. The van der Waals surface area contributed by atoms with Gasteiger partial charge in [0.15, 0.2) is 11.6 Å². The fourth-order valence-electron chi connectivity index (χ4n) is 3.27. The van der Waals surface area contributed by atoms with Crippen molar-refractivity contribution in [3.8, 4) is 0 Å². The molecule has 2 aromatic heterocycles. The Labute approximate surface area is 143 Å². The molecule has 0 aliphatic carbocycles. The quantitative estimate of drug-likeness (QED) is 0.733. The van der Waals surface area contributed by atoms with Crippen molar-refractivity contribution >= 4 is 16.6 Å². The minimum atomic E-state index is -0.899. The van der Waals surface area contributed by atoms with Gasteiger partial charge in [0, 0.05) is 42.3 Å². The van der Waals surface area contributed by atoms with Gasteiger partial charge in [-0.1, -0.05) is 0 Å². The predicted molar refractivity (Wildman–Crippen MR) is 90.6 cm³/mol. The largest absolute Gasteiger partial charge is 0.373 e. The van der Waals surface area contributed by atoms with Crippen LogP contribution >= 0.6 is 0 Å². The maximum atomic E-state index is 14.2. The Hall–Kier alpha value is -2.54. The highest BCUT2D eigenvalue weighted by molar-refractivity contribution is 5.92. The number of rotatable bonds is 3. The Morgan fingerprint density at radius 3 is 3.00 bits per heavy atom. The molecule has 1 aliphatic rings. The molecule has 0 radical (unpaired) electrons. The maximum Gasteiger partial charge on any atom is 0.185 e. The van der Waals surface area contributed by atoms with E-state index >= 15 is 0 Å². The normalized spacial score (nSPS) is 18.0. The zero-order chi connectivity index (χ0) is 17.4. The summed E-state index contributed by atoms with van der Waals surface area (Å²) in [6, 6.07) is 6.53. The molecule has 4 rings (SSSR count). The number of fused-ring (bicyclic) bond motifs is 1. The van der Waals surface area contributed by atoms with E-state index in [1.807, 2.05) is 23.0 Å². The van der Waals surface area contributed by atoms with Crippen molar-refractivity contribution in [3.05, 3.63) is 54.0 Å². The average Bonchev–Trinajstić information content (AvgIpc) is 3.11. The summed E-state index contributed by atoms with van der Waals surface area (Å²) in [6.45, 7) is 4.34. The fraction of sp³-hybridized carbons (Fsp3) is 0.333. The minimum Gasteiger partial charge on any atom is -0.373 e. The Morgan fingerprint density at radius 1 is 1.32 bits per heavy atom. The maximum absolute atomic E-state index is 14.2. The molecule has 130 valence electrons. The highest BCUT2D eigenvalue weighted by Crippen LogP contribution is 2.30. The first kappa shape index (κ1) is 16.0. The van der Waals surface area contributed by atoms with Gasteiger partial charge in [-0.2, -0.15) is 5.10 Å². The van der Waals surface area contributed by atoms with Crippen LogP contribution in [0.25, 0.3) is 10.9 Å². The first-order chi connectivity index (χ1) is 12.1. The summed E-state index contributed by atoms with van der Waals surface area (Å²) in [5, 5.41) is 4.83. The standard InChI is InChI=1S/C18H18F2N4O/c1-12-9-16(14-3-4-15(19)17(20)18(14)22-12)23-7-8-25-13(10-23)11-24-6-2-5-21-24/h2-6,9,13H,7-8,10-11H2,1H3/t13-/m0/s1. The lowest BCUT2D eigenvalue weighted by Gasteiger charge is -2.35. The van der Waals surface area contributed by atoms with E-state index in [2.05, 4.69) is 15.0 Å². The first-order valence-corrected chi connectivity index (χ1v) is 8.21. The van der Waals surface area contributed by atoms with Gasteiger partial charge in [-0.05, 0) is 31.2 Å². The van der Waals surface area contributed by atoms with E-state index in [4.69, 9.17) is 4.74 Å². The van der Waals surface area contributed by atoms with Gasteiger partial charge in [0.1, 0.15) is 5.52 Å². The Bertz CT molecular complexity index is 898. The van der Waals surface area contributed by atoms with E-state index < -0.39 is 11.6 Å². The van der Waals surface area contributed by atoms with Crippen molar-refractivity contribution in [2.24, 2.45) is 0 Å². The Balaban J connectivity index is 1.67. The van der Waals surface area contributed by atoms with Crippen LogP contribution in [0.1, 0.15) is 5.69 Å². The van der Waals surface area contributed by atoms with E-state index in [1.165, 1.54) is 0 Å². The second-order valence-corrected chi connectivity index (χ2v) is 6.21. The summed E-state index contributed by atoms with van der Waals surface area (Å²) in [5.74, 6) is -1.78. The van der Waals surface area contributed by atoms with Crippen molar-refractivity contribution in [1.82, 2.24) is 14.8 Å². The van der Waals surface area contributed by atoms with E-state index in [0.717, 1.165) is 11.8 Å². The number of aromatic nitrogens is 3. The molecule has 3 heterocycles. The molecule has 1 aromatic carbocycles. The zero-order valence-corrected chi connectivity index (χ0v) is 13.8. The van der Waals surface area contributed by atoms with Gasteiger partial charge in [-0.3, -0.25) is 4.68 Å². The van der Waals surface area contributed by atoms with E-state index in [-0.39, 0.29) is 11.6 Å². The molecular weight excluding hydrogens is 326 g/mol. The lowest BCUT2D eigenvalue weighted by Crippen LogP contribution is -2.44. The summed E-state index contributed by atoms with van der Waals surface area (Å²) in [5.41, 5.74) is 1.59. The van der Waals surface area contributed by atoms with Crippen molar-refractivity contribution in [2.45, 2.75) is 19.6 Å². The van der Waals surface area contributed by atoms with Crippen LogP contribution < -0.4 is 4.90 Å². The van der Waals surface area contributed by atoms with Gasteiger partial charge in [0.05, 0.1) is 19.3 Å². The number of nitrogens with zero attached hydrogens (tertiary/aromatic N) is 4. The molecule has 1 fully saturated rings. The molecule has 25 heavy (non-hydrogen) atoms. The van der Waals surface area contributed by atoms with Crippen LogP contribution in [0.3, 0.4) is 0 Å². The molecule has 0 spiro atoms. The van der Waals surface area contributed by atoms with Crippen molar-refractivity contribution in [2.75, 3.05) is 24.6 Å². The van der Waals surface area contributed by atoms with Gasteiger partial charge in [-0.15, -0.1) is 0 Å². The monoisotopic (exact) mass is 344 g/mol. The molecule has 7 heteroatoms. The van der Waals surface area contributed by atoms with Gasteiger partial charge >= 0.3 is 0 Å². The molecule has 5 nitrogen and oxygen atoms in total. The van der Waals surface area contributed by atoms with Crippen LogP contribution in [-0.4, -0.2) is 40.6 Å². The highest BCUT2D eigenvalue weighted by Gasteiger charge is 2.24. The van der Waals surface area contributed by atoms with Crippen LogP contribution in [0, 0.1) is 18.6 Å².